The number of carbonyl (C=O) groups excluding carboxylic acids is 1. The number of carbonyl (C=O) groups is 1. The predicted molar refractivity (Wildman–Crippen MR) is 67.1 cm³/mol. The van der Waals surface area contributed by atoms with E-state index in [1.165, 1.54) is 0 Å². The summed E-state index contributed by atoms with van der Waals surface area (Å²) in [7, 11) is 1.59. The van der Waals surface area contributed by atoms with Gasteiger partial charge in [0.1, 0.15) is 5.75 Å². The van der Waals surface area contributed by atoms with Crippen LogP contribution in [0.3, 0.4) is 0 Å². The number of ether oxygens (including phenoxy) is 1. The molecule has 17 heavy (non-hydrogen) atoms. The van der Waals surface area contributed by atoms with Crippen molar-refractivity contribution in [2.24, 2.45) is 0 Å². The molecule has 0 unspecified atom stereocenters. The summed E-state index contributed by atoms with van der Waals surface area (Å²) in [4.78, 5) is 13.8. The van der Waals surface area contributed by atoms with Crippen LogP contribution < -0.4 is 10.5 Å². The Kier molecular flexibility index (Phi) is 3.22. The van der Waals surface area contributed by atoms with Gasteiger partial charge < -0.3 is 15.4 Å². The van der Waals surface area contributed by atoms with E-state index in [4.69, 9.17) is 10.5 Å². The number of hydrogen-bond acceptors (Lipinski definition) is 3. The molecule has 1 aromatic carbocycles. The molecule has 2 N–H and O–H groups in total. The first-order chi connectivity index (χ1) is 8.15. The van der Waals surface area contributed by atoms with E-state index in [0.29, 0.717) is 17.9 Å². The predicted octanol–water partition coefficient (Wildman–Crippen LogP) is 1.22. The molecule has 0 aliphatic carbocycles. The van der Waals surface area contributed by atoms with Crippen LogP contribution in [0.25, 0.3) is 0 Å². The summed E-state index contributed by atoms with van der Waals surface area (Å²) < 4.78 is 5.19. The van der Waals surface area contributed by atoms with E-state index in [0.717, 1.165) is 30.6 Å². The zero-order valence-electron chi connectivity index (χ0n) is 10.3. The molecule has 1 aromatic rings. The number of nitrogens with zero attached hydrogens (tertiary/aromatic N) is 1. The van der Waals surface area contributed by atoms with Gasteiger partial charge in [0.2, 0.25) is 5.91 Å². The highest BCUT2D eigenvalue weighted by atomic mass is 16.5. The summed E-state index contributed by atoms with van der Waals surface area (Å²) in [5.74, 6) is 0.833. The van der Waals surface area contributed by atoms with E-state index in [2.05, 4.69) is 0 Å². The Hall–Kier alpha value is -1.71. The molecular weight excluding hydrogens is 216 g/mol. The molecule has 1 aliphatic heterocycles. The lowest BCUT2D eigenvalue weighted by atomic mass is 10.0. The maximum Gasteiger partial charge on any atom is 0.227 e. The first kappa shape index (κ1) is 11.8. The van der Waals surface area contributed by atoms with Gasteiger partial charge in [0.25, 0.3) is 0 Å². The van der Waals surface area contributed by atoms with Gasteiger partial charge in [-0.25, -0.2) is 0 Å². The Balaban J connectivity index is 2.37. The zero-order chi connectivity index (χ0) is 12.4. The van der Waals surface area contributed by atoms with E-state index in [1.807, 2.05) is 24.0 Å². The van der Waals surface area contributed by atoms with Crippen LogP contribution in [0.5, 0.6) is 5.75 Å². The Morgan fingerprint density at radius 3 is 2.82 bits per heavy atom. The number of fused-ring (bicyclic) bond motifs is 1. The number of hydrogen-bond donors (Lipinski definition) is 1. The van der Waals surface area contributed by atoms with Crippen LogP contribution in [0.1, 0.15) is 18.1 Å². The summed E-state index contributed by atoms with van der Waals surface area (Å²) >= 11 is 0. The van der Waals surface area contributed by atoms with Crippen molar-refractivity contribution >= 4 is 11.6 Å². The van der Waals surface area contributed by atoms with Crippen LogP contribution in [-0.2, 0) is 17.6 Å². The second-order valence-electron chi connectivity index (χ2n) is 4.26. The van der Waals surface area contributed by atoms with E-state index >= 15 is 0 Å². The van der Waals surface area contributed by atoms with Gasteiger partial charge in [-0.1, -0.05) is 0 Å². The fourth-order valence-electron chi connectivity index (χ4n) is 2.25. The van der Waals surface area contributed by atoms with Gasteiger partial charge in [0.15, 0.2) is 0 Å². The second-order valence-corrected chi connectivity index (χ2v) is 4.26. The summed E-state index contributed by atoms with van der Waals surface area (Å²) in [6.07, 6.45) is 1.31. The molecule has 4 heteroatoms. The van der Waals surface area contributed by atoms with Crippen molar-refractivity contribution in [3.05, 3.63) is 23.3 Å². The normalized spacial score (nSPS) is 15.4. The third-order valence-corrected chi connectivity index (χ3v) is 3.28. The van der Waals surface area contributed by atoms with Crippen molar-refractivity contribution in [1.82, 2.24) is 4.90 Å². The molecule has 0 saturated heterocycles. The van der Waals surface area contributed by atoms with E-state index in [1.54, 1.807) is 7.11 Å². The fraction of sp³-hybridized carbons (Fsp3) is 0.462. The molecule has 1 amide bonds. The van der Waals surface area contributed by atoms with E-state index in [-0.39, 0.29) is 5.91 Å². The number of nitrogens with two attached hydrogens (primary N) is 1. The highest BCUT2D eigenvalue weighted by Crippen LogP contribution is 2.28. The number of amides is 1. The standard InChI is InChI=1S/C13H18N2O2/c1-3-15-5-4-9-6-11(14)12(17-2)7-10(9)8-13(15)16/h6-7H,3-5,8,14H2,1-2H3. The Labute approximate surface area is 101 Å². The molecular formula is C13H18N2O2. The molecule has 0 radical (unpaired) electrons. The smallest absolute Gasteiger partial charge is 0.227 e. The van der Waals surface area contributed by atoms with E-state index < -0.39 is 0 Å². The van der Waals surface area contributed by atoms with Gasteiger partial charge in [-0.05, 0) is 36.6 Å². The minimum absolute atomic E-state index is 0.179. The SMILES string of the molecule is CCN1CCc2cc(N)c(OC)cc2CC1=O. The molecule has 4 nitrogen and oxygen atoms in total. The van der Waals surface area contributed by atoms with Gasteiger partial charge in [-0.2, -0.15) is 0 Å². The van der Waals surface area contributed by atoms with Gasteiger partial charge >= 0.3 is 0 Å². The molecule has 0 atom stereocenters. The maximum atomic E-state index is 11.9. The second kappa shape index (κ2) is 4.65. The largest absolute Gasteiger partial charge is 0.495 e. The van der Waals surface area contributed by atoms with Crippen molar-refractivity contribution in [3.8, 4) is 5.75 Å². The summed E-state index contributed by atoms with van der Waals surface area (Å²) in [6.45, 7) is 3.54. The minimum atomic E-state index is 0.179. The van der Waals surface area contributed by atoms with Gasteiger partial charge in [-0.15, -0.1) is 0 Å². The molecule has 0 aromatic heterocycles. The van der Waals surface area contributed by atoms with Crippen LogP contribution in [0.4, 0.5) is 5.69 Å². The molecule has 0 fully saturated rings. The number of likely N-dealkylation sites (N-methyl/N-ethyl adjacent to an activating group) is 1. The lowest BCUT2D eigenvalue weighted by Crippen LogP contribution is -2.31. The molecule has 92 valence electrons. The first-order valence-corrected chi connectivity index (χ1v) is 5.88. The summed E-state index contributed by atoms with van der Waals surface area (Å²) in [6, 6.07) is 3.82. The maximum absolute atomic E-state index is 11.9. The van der Waals surface area contributed by atoms with Gasteiger partial charge in [-0.3, -0.25) is 4.79 Å². The van der Waals surface area contributed by atoms with Crippen molar-refractivity contribution < 1.29 is 9.53 Å². The van der Waals surface area contributed by atoms with Crippen molar-refractivity contribution in [2.45, 2.75) is 19.8 Å². The quantitative estimate of drug-likeness (QED) is 0.783. The molecule has 2 rings (SSSR count). The van der Waals surface area contributed by atoms with Crippen molar-refractivity contribution in [2.75, 3.05) is 25.9 Å². The highest BCUT2D eigenvalue weighted by Gasteiger charge is 2.20. The average Bonchev–Trinajstić information content (AvgIpc) is 2.46. The van der Waals surface area contributed by atoms with Gasteiger partial charge in [0, 0.05) is 13.1 Å². The zero-order valence-corrected chi connectivity index (χ0v) is 10.3. The van der Waals surface area contributed by atoms with Crippen molar-refractivity contribution in [3.63, 3.8) is 0 Å². The number of methoxy groups -OCH3 is 1. The number of benzene rings is 1. The van der Waals surface area contributed by atoms with E-state index in [9.17, 15) is 4.79 Å². The van der Waals surface area contributed by atoms with Crippen LogP contribution in [-0.4, -0.2) is 31.0 Å². The lowest BCUT2D eigenvalue weighted by molar-refractivity contribution is -0.129. The van der Waals surface area contributed by atoms with Crippen LogP contribution >= 0.6 is 0 Å². The van der Waals surface area contributed by atoms with Gasteiger partial charge in [0.05, 0.1) is 19.2 Å². The summed E-state index contributed by atoms with van der Waals surface area (Å²) in [5.41, 5.74) is 8.73. The first-order valence-electron chi connectivity index (χ1n) is 5.88. The molecule has 0 bridgehead atoms. The topological polar surface area (TPSA) is 55.6 Å². The van der Waals surface area contributed by atoms with Crippen LogP contribution in [0.2, 0.25) is 0 Å². The molecule has 0 spiro atoms. The number of anilines is 1. The molecule has 0 saturated carbocycles. The fourth-order valence-corrected chi connectivity index (χ4v) is 2.25. The highest BCUT2D eigenvalue weighted by molar-refractivity contribution is 5.80. The number of rotatable bonds is 2. The third-order valence-electron chi connectivity index (χ3n) is 3.28. The average molecular weight is 234 g/mol. The Morgan fingerprint density at radius 1 is 1.41 bits per heavy atom. The Morgan fingerprint density at radius 2 is 2.18 bits per heavy atom. The van der Waals surface area contributed by atoms with Crippen molar-refractivity contribution in [1.29, 1.82) is 0 Å². The minimum Gasteiger partial charge on any atom is -0.495 e. The molecule has 1 aliphatic rings. The third kappa shape index (κ3) is 2.20. The monoisotopic (exact) mass is 234 g/mol. The summed E-state index contributed by atoms with van der Waals surface area (Å²) in [5, 5.41) is 0. The number of nitrogen functional groups attached to an aromatic ring is 1. The van der Waals surface area contributed by atoms with Crippen LogP contribution in [0.15, 0.2) is 12.1 Å². The van der Waals surface area contributed by atoms with Crippen LogP contribution in [0, 0.1) is 0 Å². The molecule has 1 heterocycles. The Bertz CT molecular complexity index is 443. The lowest BCUT2D eigenvalue weighted by Gasteiger charge is -2.17.